The molecule has 9 atom stereocenters. The van der Waals surface area contributed by atoms with Gasteiger partial charge in [-0.05, 0) is 47.9 Å². The average Bonchev–Trinajstić information content (AvgIpc) is 3.71. The van der Waals surface area contributed by atoms with E-state index in [0.717, 1.165) is 25.7 Å². The van der Waals surface area contributed by atoms with Gasteiger partial charge in [-0.2, -0.15) is 0 Å². The Hall–Kier alpha value is -2.64. The van der Waals surface area contributed by atoms with Crippen LogP contribution in [0, 0.1) is 29.6 Å². The number of carbonyl (C=O) groups excluding carboxylic acids is 3. The van der Waals surface area contributed by atoms with Crippen LogP contribution >= 0.6 is 11.8 Å². The molecule has 3 saturated heterocycles. The molecule has 1 aliphatic carbocycles. The van der Waals surface area contributed by atoms with Crippen molar-refractivity contribution in [3.63, 3.8) is 0 Å². The van der Waals surface area contributed by atoms with Gasteiger partial charge in [-0.3, -0.25) is 14.4 Å². The van der Waals surface area contributed by atoms with E-state index < -0.39 is 11.9 Å². The summed E-state index contributed by atoms with van der Waals surface area (Å²) < 4.78 is 7.26. The van der Waals surface area contributed by atoms with Gasteiger partial charge in [0.05, 0.1) is 24.1 Å². The first-order chi connectivity index (χ1) is 19.2. The van der Waals surface area contributed by atoms with Crippen molar-refractivity contribution in [1.82, 2.24) is 30.4 Å². The van der Waals surface area contributed by atoms with Crippen molar-refractivity contribution in [2.75, 3.05) is 13.2 Å². The number of fused-ring (bicyclic) bond motifs is 2. The largest absolute Gasteiger partial charge is 0.477 e. The molecule has 1 unspecified atom stereocenters. The molecule has 12 nitrogen and oxygen atoms in total. The molecule has 0 radical (unpaired) electrons. The fourth-order valence-electron chi connectivity index (χ4n) is 7.73. The summed E-state index contributed by atoms with van der Waals surface area (Å²) in [5.74, 6) is -1.65. The fourth-order valence-corrected chi connectivity index (χ4v) is 9.21. The number of rotatable bonds is 10. The Morgan fingerprint density at radius 1 is 1.27 bits per heavy atom. The van der Waals surface area contributed by atoms with E-state index in [9.17, 15) is 24.3 Å². The fraction of sp³-hybridized carbons (Fsp3) is 0.741. The molecule has 5 heterocycles. The number of ketones is 2. The summed E-state index contributed by atoms with van der Waals surface area (Å²) in [6.07, 6.45) is 6.39. The summed E-state index contributed by atoms with van der Waals surface area (Å²) >= 11 is 1.50. The first-order valence-corrected chi connectivity index (χ1v) is 15.2. The molecule has 1 aromatic heterocycles. The molecule has 216 valence electrons. The first-order valence-electron chi connectivity index (χ1n) is 14.3. The Morgan fingerprint density at radius 2 is 2.10 bits per heavy atom. The number of hydrogen-bond acceptors (Lipinski definition) is 10. The summed E-state index contributed by atoms with van der Waals surface area (Å²) in [7, 11) is 0. The van der Waals surface area contributed by atoms with Crippen molar-refractivity contribution in [1.29, 1.82) is 0 Å². The van der Waals surface area contributed by atoms with E-state index in [2.05, 4.69) is 20.8 Å². The van der Waals surface area contributed by atoms with Crippen LogP contribution in [0.3, 0.4) is 0 Å². The van der Waals surface area contributed by atoms with Crippen molar-refractivity contribution in [2.24, 2.45) is 29.6 Å². The third-order valence-electron chi connectivity index (χ3n) is 9.56. The lowest BCUT2D eigenvalue weighted by atomic mass is 9.73. The van der Waals surface area contributed by atoms with Crippen LogP contribution in [0.15, 0.2) is 16.9 Å². The molecule has 0 spiro atoms. The number of carboxylic acids is 1. The molecule has 6 rings (SSSR count). The molecule has 1 amide bonds. The van der Waals surface area contributed by atoms with Crippen LogP contribution in [0.1, 0.15) is 52.4 Å². The Morgan fingerprint density at radius 3 is 2.85 bits per heavy atom. The highest BCUT2D eigenvalue weighted by Gasteiger charge is 2.60. The number of ether oxygens (including phenoxy) is 1. The van der Waals surface area contributed by atoms with Crippen LogP contribution in [-0.4, -0.2) is 90.2 Å². The highest BCUT2D eigenvalue weighted by molar-refractivity contribution is 8.03. The molecule has 4 aliphatic heterocycles. The minimum Gasteiger partial charge on any atom is -0.477 e. The number of carboxylic acid groups (broad SMARTS) is 1. The molecule has 13 heteroatoms. The van der Waals surface area contributed by atoms with E-state index in [0.29, 0.717) is 30.4 Å². The van der Waals surface area contributed by atoms with Crippen molar-refractivity contribution < 1.29 is 29.0 Å². The third kappa shape index (κ3) is 4.79. The summed E-state index contributed by atoms with van der Waals surface area (Å²) in [4.78, 5) is 53.8. The van der Waals surface area contributed by atoms with Gasteiger partial charge < -0.3 is 20.1 Å². The van der Waals surface area contributed by atoms with Gasteiger partial charge in [-0.1, -0.05) is 20.3 Å². The molecule has 1 aromatic rings. The van der Waals surface area contributed by atoms with Crippen LogP contribution in [0.5, 0.6) is 0 Å². The second kappa shape index (κ2) is 11.0. The number of tetrazole rings is 1. The first kappa shape index (κ1) is 27.5. The van der Waals surface area contributed by atoms with E-state index in [1.807, 2.05) is 13.8 Å². The van der Waals surface area contributed by atoms with E-state index in [1.165, 1.54) is 27.7 Å². The van der Waals surface area contributed by atoms with Gasteiger partial charge in [-0.15, -0.1) is 16.9 Å². The zero-order valence-corrected chi connectivity index (χ0v) is 23.6. The normalized spacial score (nSPS) is 35.9. The Labute approximate surface area is 236 Å². The van der Waals surface area contributed by atoms with Crippen molar-refractivity contribution in [2.45, 2.75) is 82.4 Å². The maximum atomic E-state index is 13.5. The summed E-state index contributed by atoms with van der Waals surface area (Å²) in [6, 6.07) is -0.518. The molecule has 0 bridgehead atoms. The topological polar surface area (TPSA) is 157 Å². The lowest BCUT2D eigenvalue weighted by Gasteiger charge is -2.47. The molecule has 0 aromatic carbocycles. The second-order valence-electron chi connectivity index (χ2n) is 12.0. The number of amides is 1. The SMILES string of the molecule is C[C@@H](CC(=O)Cn1cnnn1)[C@H]1C(=O)N2C(C(=O)O)=C(S[C@@H]3CN[C@H](C(=O)C4CCO[C@@H]5CCC[C@@H]45)C3)[C@H](C)[C@H]12. The van der Waals surface area contributed by atoms with Gasteiger partial charge >= 0.3 is 5.97 Å². The van der Waals surface area contributed by atoms with Crippen molar-refractivity contribution in [3.05, 3.63) is 16.9 Å². The lowest BCUT2D eigenvalue weighted by molar-refractivity contribution is -0.160. The third-order valence-corrected chi connectivity index (χ3v) is 11.1. The summed E-state index contributed by atoms with van der Waals surface area (Å²) in [6.45, 7) is 5.14. The Bertz CT molecular complexity index is 1220. The van der Waals surface area contributed by atoms with Crippen LogP contribution in [0.4, 0.5) is 0 Å². The molecule has 2 N–H and O–H groups in total. The number of carbonyl (C=O) groups is 4. The van der Waals surface area contributed by atoms with E-state index in [1.54, 1.807) is 0 Å². The highest BCUT2D eigenvalue weighted by atomic mass is 32.2. The van der Waals surface area contributed by atoms with E-state index in [-0.39, 0.29) is 77.3 Å². The van der Waals surface area contributed by atoms with Crippen LogP contribution in [0.2, 0.25) is 0 Å². The molecular weight excluding hydrogens is 536 g/mol. The zero-order chi connectivity index (χ0) is 28.1. The van der Waals surface area contributed by atoms with Crippen molar-refractivity contribution in [3.8, 4) is 0 Å². The number of β-lactam (4-membered cyclic amide) rings is 1. The Balaban J connectivity index is 1.10. The lowest BCUT2D eigenvalue weighted by Crippen LogP contribution is -2.62. The standard InChI is InChI=1S/C27H36N6O6S/c1-13(8-15(34)11-32-12-29-30-31-32)21-22-14(2)25(23(27(37)38)33(22)26(21)36)40-16-9-19(28-10-16)24(35)18-6-7-39-20-5-3-4-17(18)20/h12-14,16-22,28H,3-11H2,1-2H3,(H,37,38)/t13-,14+,16-,17-,18?,19-,20+,21+,22+/m0/s1. The zero-order valence-electron chi connectivity index (χ0n) is 22.8. The molecule has 40 heavy (non-hydrogen) atoms. The number of thioether (sulfide) groups is 1. The minimum absolute atomic E-state index is 0.0335. The number of aromatic nitrogens is 4. The predicted octanol–water partition coefficient (Wildman–Crippen LogP) is 1.28. The molecular formula is C27H36N6O6S. The quantitative estimate of drug-likeness (QED) is 0.389. The van der Waals surface area contributed by atoms with Gasteiger partial charge in [0.2, 0.25) is 5.91 Å². The monoisotopic (exact) mass is 572 g/mol. The summed E-state index contributed by atoms with van der Waals surface area (Å²) in [5.41, 5.74) is 0.0592. The Kier molecular flexibility index (Phi) is 7.55. The maximum Gasteiger partial charge on any atom is 0.353 e. The minimum atomic E-state index is -1.11. The van der Waals surface area contributed by atoms with Crippen LogP contribution in [-0.2, 0) is 30.5 Å². The molecule has 1 saturated carbocycles. The summed E-state index contributed by atoms with van der Waals surface area (Å²) in [5, 5.41) is 24.4. The number of hydrogen-bond donors (Lipinski definition) is 2. The number of nitrogens with one attached hydrogen (secondary N) is 1. The van der Waals surface area contributed by atoms with Gasteiger partial charge in [0, 0.05) is 41.6 Å². The van der Waals surface area contributed by atoms with E-state index >= 15 is 0 Å². The van der Waals surface area contributed by atoms with Crippen LogP contribution < -0.4 is 5.32 Å². The number of aliphatic carboxylic acids is 1. The highest BCUT2D eigenvalue weighted by Crippen LogP contribution is 2.53. The van der Waals surface area contributed by atoms with E-state index in [4.69, 9.17) is 4.74 Å². The predicted molar refractivity (Wildman–Crippen MR) is 143 cm³/mol. The smallest absolute Gasteiger partial charge is 0.353 e. The van der Waals surface area contributed by atoms with Crippen molar-refractivity contribution >= 4 is 35.2 Å². The average molecular weight is 573 g/mol. The maximum absolute atomic E-state index is 13.5. The van der Waals surface area contributed by atoms with Gasteiger partial charge in [0.25, 0.3) is 0 Å². The van der Waals surface area contributed by atoms with Gasteiger partial charge in [-0.25, -0.2) is 9.48 Å². The number of nitrogens with zero attached hydrogens (tertiary/aromatic N) is 5. The van der Waals surface area contributed by atoms with Gasteiger partial charge in [0.1, 0.15) is 18.6 Å². The molecule has 5 aliphatic rings. The number of Topliss-reactive ketones (excluding diaryl/α,β-unsaturated/α-hetero) is 2. The van der Waals surface area contributed by atoms with Crippen LogP contribution in [0.25, 0.3) is 0 Å². The molecule has 4 fully saturated rings. The van der Waals surface area contributed by atoms with Gasteiger partial charge in [0.15, 0.2) is 11.6 Å². The second-order valence-corrected chi connectivity index (χ2v) is 13.3.